The number of amidine groups is 1. The molecule has 4 heteroatoms. The highest BCUT2D eigenvalue weighted by Crippen LogP contribution is 2.17. The highest BCUT2D eigenvalue weighted by atomic mass is 16.6. The van der Waals surface area contributed by atoms with Gasteiger partial charge in [-0.15, -0.1) is 0 Å². The van der Waals surface area contributed by atoms with Crippen molar-refractivity contribution >= 4 is 11.9 Å². The minimum atomic E-state index is -0.489. The molecule has 19 heavy (non-hydrogen) atoms. The Hall–Kier alpha value is -1.84. The second-order valence-corrected chi connectivity index (χ2v) is 5.71. The van der Waals surface area contributed by atoms with Gasteiger partial charge in [0.05, 0.1) is 13.1 Å². The Kier molecular flexibility index (Phi) is 3.60. The molecule has 4 nitrogen and oxygen atoms in total. The average Bonchev–Trinajstić information content (AvgIpc) is 2.75. The highest BCUT2D eigenvalue weighted by molar-refractivity contribution is 6.07. The maximum Gasteiger partial charge on any atom is 0.416 e. The van der Waals surface area contributed by atoms with E-state index in [9.17, 15) is 4.79 Å². The predicted octanol–water partition coefficient (Wildman–Crippen LogP) is 2.99. The predicted molar refractivity (Wildman–Crippen MR) is 75.5 cm³/mol. The molecule has 0 spiro atoms. The zero-order chi connectivity index (χ0) is 14.0. The van der Waals surface area contributed by atoms with E-state index in [2.05, 4.69) is 4.99 Å². The van der Waals surface area contributed by atoms with Crippen molar-refractivity contribution < 1.29 is 9.53 Å². The van der Waals surface area contributed by atoms with Gasteiger partial charge in [0, 0.05) is 5.56 Å². The average molecular weight is 260 g/mol. The van der Waals surface area contributed by atoms with E-state index in [1.807, 2.05) is 52.0 Å². The molecule has 0 radical (unpaired) electrons. The molecule has 1 amide bonds. The minimum Gasteiger partial charge on any atom is -0.443 e. The third-order valence-electron chi connectivity index (χ3n) is 2.73. The molecular formula is C15H20N2O2. The number of aryl methyl sites for hydroxylation is 1. The number of carbonyl (C=O) groups is 1. The van der Waals surface area contributed by atoms with E-state index in [0.29, 0.717) is 18.9 Å². The number of hydrogen-bond acceptors (Lipinski definition) is 3. The summed E-state index contributed by atoms with van der Waals surface area (Å²) >= 11 is 0. The van der Waals surface area contributed by atoms with Gasteiger partial charge in [0.1, 0.15) is 11.4 Å². The molecule has 0 aliphatic carbocycles. The van der Waals surface area contributed by atoms with Crippen LogP contribution in [-0.4, -0.2) is 35.5 Å². The molecule has 0 saturated carbocycles. The smallest absolute Gasteiger partial charge is 0.416 e. The second-order valence-electron chi connectivity index (χ2n) is 5.71. The summed E-state index contributed by atoms with van der Waals surface area (Å²) in [5, 5.41) is 0. The Balaban J connectivity index is 2.20. The van der Waals surface area contributed by atoms with Crippen LogP contribution in [0.15, 0.2) is 29.3 Å². The lowest BCUT2D eigenvalue weighted by atomic mass is 10.1. The quantitative estimate of drug-likeness (QED) is 0.779. The number of nitrogens with zero attached hydrogens (tertiary/aromatic N) is 2. The Morgan fingerprint density at radius 3 is 2.74 bits per heavy atom. The maximum atomic E-state index is 12.2. The van der Waals surface area contributed by atoms with Crippen molar-refractivity contribution in [3.05, 3.63) is 35.4 Å². The van der Waals surface area contributed by atoms with E-state index in [1.54, 1.807) is 4.90 Å². The zero-order valence-corrected chi connectivity index (χ0v) is 11.9. The lowest BCUT2D eigenvalue weighted by Crippen LogP contribution is -2.39. The van der Waals surface area contributed by atoms with Crippen LogP contribution in [-0.2, 0) is 4.74 Å². The number of amides is 1. The van der Waals surface area contributed by atoms with E-state index >= 15 is 0 Å². The van der Waals surface area contributed by atoms with Crippen LogP contribution in [0, 0.1) is 6.92 Å². The summed E-state index contributed by atoms with van der Waals surface area (Å²) in [7, 11) is 0. The van der Waals surface area contributed by atoms with Gasteiger partial charge < -0.3 is 4.74 Å². The molecule has 1 aromatic carbocycles. The van der Waals surface area contributed by atoms with Crippen molar-refractivity contribution in [1.82, 2.24) is 4.90 Å². The monoisotopic (exact) mass is 260 g/mol. The first-order chi connectivity index (χ1) is 8.87. The summed E-state index contributed by atoms with van der Waals surface area (Å²) < 4.78 is 5.41. The Morgan fingerprint density at radius 2 is 2.11 bits per heavy atom. The second kappa shape index (κ2) is 5.03. The molecule has 1 heterocycles. The van der Waals surface area contributed by atoms with Crippen molar-refractivity contribution in [3.8, 4) is 0 Å². The first-order valence-electron chi connectivity index (χ1n) is 6.49. The van der Waals surface area contributed by atoms with Crippen LogP contribution in [0.2, 0.25) is 0 Å². The molecule has 2 rings (SSSR count). The van der Waals surface area contributed by atoms with E-state index in [4.69, 9.17) is 4.74 Å². The fourth-order valence-electron chi connectivity index (χ4n) is 1.97. The molecule has 1 aliphatic rings. The van der Waals surface area contributed by atoms with Gasteiger partial charge in [-0.05, 0) is 33.8 Å². The van der Waals surface area contributed by atoms with Crippen LogP contribution in [0.5, 0.6) is 0 Å². The number of aliphatic imine (C=N–C) groups is 1. The van der Waals surface area contributed by atoms with E-state index in [0.717, 1.165) is 11.1 Å². The molecule has 0 N–H and O–H groups in total. The standard InChI is InChI=1S/C15H20N2O2/c1-11-6-5-7-12(10-11)13-16-8-9-17(13)14(18)19-15(2,3)4/h5-7,10H,8-9H2,1-4H3. The number of hydrogen-bond donors (Lipinski definition) is 0. The van der Waals surface area contributed by atoms with Crippen molar-refractivity contribution in [2.75, 3.05) is 13.1 Å². The molecule has 0 fully saturated rings. The fraction of sp³-hybridized carbons (Fsp3) is 0.467. The number of ether oxygens (including phenoxy) is 1. The lowest BCUT2D eigenvalue weighted by molar-refractivity contribution is 0.0385. The topological polar surface area (TPSA) is 41.9 Å². The first-order valence-corrected chi connectivity index (χ1v) is 6.49. The van der Waals surface area contributed by atoms with Crippen LogP contribution >= 0.6 is 0 Å². The van der Waals surface area contributed by atoms with Gasteiger partial charge in [-0.2, -0.15) is 0 Å². The summed E-state index contributed by atoms with van der Waals surface area (Å²) in [6.45, 7) is 8.83. The van der Waals surface area contributed by atoms with Crippen LogP contribution < -0.4 is 0 Å². The molecule has 0 aromatic heterocycles. The summed E-state index contributed by atoms with van der Waals surface area (Å²) in [4.78, 5) is 18.2. The Bertz CT molecular complexity index is 515. The Morgan fingerprint density at radius 1 is 1.37 bits per heavy atom. The van der Waals surface area contributed by atoms with Crippen LogP contribution in [0.1, 0.15) is 31.9 Å². The van der Waals surface area contributed by atoms with E-state index < -0.39 is 5.60 Å². The molecule has 0 saturated heterocycles. The first kappa shape index (κ1) is 13.6. The Labute approximate surface area is 114 Å². The van der Waals surface area contributed by atoms with Gasteiger partial charge >= 0.3 is 6.09 Å². The van der Waals surface area contributed by atoms with Crippen molar-refractivity contribution in [2.45, 2.75) is 33.3 Å². The molecular weight excluding hydrogens is 240 g/mol. The summed E-state index contributed by atoms with van der Waals surface area (Å²) in [6, 6.07) is 7.99. The van der Waals surface area contributed by atoms with E-state index in [1.165, 1.54) is 0 Å². The maximum absolute atomic E-state index is 12.2. The van der Waals surface area contributed by atoms with Gasteiger partial charge in [-0.3, -0.25) is 9.89 Å². The normalized spacial score (nSPS) is 15.4. The van der Waals surface area contributed by atoms with Crippen molar-refractivity contribution in [2.24, 2.45) is 4.99 Å². The fourth-order valence-corrected chi connectivity index (χ4v) is 1.97. The summed E-state index contributed by atoms with van der Waals surface area (Å²) in [5.74, 6) is 0.706. The third-order valence-corrected chi connectivity index (χ3v) is 2.73. The molecule has 0 bridgehead atoms. The van der Waals surface area contributed by atoms with Gasteiger partial charge in [-0.25, -0.2) is 4.79 Å². The third kappa shape index (κ3) is 3.34. The molecule has 0 unspecified atom stereocenters. The summed E-state index contributed by atoms with van der Waals surface area (Å²) in [6.07, 6.45) is -0.328. The number of rotatable bonds is 1. The lowest BCUT2D eigenvalue weighted by Gasteiger charge is -2.25. The zero-order valence-electron chi connectivity index (χ0n) is 11.9. The van der Waals surface area contributed by atoms with E-state index in [-0.39, 0.29) is 6.09 Å². The molecule has 1 aromatic rings. The molecule has 0 atom stereocenters. The SMILES string of the molecule is Cc1cccc(C2=NCCN2C(=O)OC(C)(C)C)c1. The van der Waals surface area contributed by atoms with Crippen LogP contribution in [0.4, 0.5) is 4.79 Å². The van der Waals surface area contributed by atoms with Crippen LogP contribution in [0.25, 0.3) is 0 Å². The van der Waals surface area contributed by atoms with Gasteiger partial charge in [0.15, 0.2) is 0 Å². The largest absolute Gasteiger partial charge is 0.443 e. The van der Waals surface area contributed by atoms with Crippen molar-refractivity contribution in [3.63, 3.8) is 0 Å². The number of carbonyl (C=O) groups excluding carboxylic acids is 1. The number of benzene rings is 1. The van der Waals surface area contributed by atoms with Crippen LogP contribution in [0.3, 0.4) is 0 Å². The van der Waals surface area contributed by atoms with Gasteiger partial charge in [0.25, 0.3) is 0 Å². The highest BCUT2D eigenvalue weighted by Gasteiger charge is 2.29. The van der Waals surface area contributed by atoms with Crippen molar-refractivity contribution in [1.29, 1.82) is 0 Å². The molecule has 1 aliphatic heterocycles. The molecule has 102 valence electrons. The summed E-state index contributed by atoms with van der Waals surface area (Å²) in [5.41, 5.74) is 1.62. The van der Waals surface area contributed by atoms with Gasteiger partial charge in [-0.1, -0.05) is 23.8 Å². The minimum absolute atomic E-state index is 0.328. The van der Waals surface area contributed by atoms with Gasteiger partial charge in [0.2, 0.25) is 0 Å².